The zero-order valence-electron chi connectivity index (χ0n) is 9.10. The molecule has 0 saturated heterocycles. The molecule has 0 aliphatic heterocycles. The average molecular weight is 211 g/mol. The van der Waals surface area contributed by atoms with E-state index in [0.29, 0.717) is 30.7 Å². The van der Waals surface area contributed by atoms with Crippen LogP contribution in [0.4, 0.5) is 0 Å². The molecule has 3 N–H and O–H groups in total. The van der Waals surface area contributed by atoms with Gasteiger partial charge in [0, 0.05) is 19.5 Å². The number of nitrogens with zero attached hydrogens (tertiary/aromatic N) is 3. The maximum absolute atomic E-state index is 5.63. The molecule has 0 amide bonds. The van der Waals surface area contributed by atoms with Crippen molar-refractivity contribution in [1.29, 1.82) is 0 Å². The monoisotopic (exact) mass is 211 g/mol. The van der Waals surface area contributed by atoms with Gasteiger partial charge < -0.3 is 15.6 Å². The number of aromatic nitrogens is 2. The summed E-state index contributed by atoms with van der Waals surface area (Å²) >= 11 is 0. The molecule has 0 aliphatic rings. The Bertz CT molecular complexity index is 293. The van der Waals surface area contributed by atoms with Gasteiger partial charge in [-0.05, 0) is 5.92 Å². The van der Waals surface area contributed by atoms with Gasteiger partial charge in [-0.1, -0.05) is 19.0 Å². The van der Waals surface area contributed by atoms with E-state index in [0.717, 1.165) is 6.54 Å². The van der Waals surface area contributed by atoms with Gasteiger partial charge >= 0.3 is 0 Å². The van der Waals surface area contributed by atoms with E-state index < -0.39 is 0 Å². The van der Waals surface area contributed by atoms with Gasteiger partial charge in [-0.15, -0.1) is 0 Å². The maximum atomic E-state index is 5.63. The highest BCUT2D eigenvalue weighted by Crippen LogP contribution is 1.92. The number of guanidine groups is 1. The van der Waals surface area contributed by atoms with Crippen LogP contribution in [0, 0.1) is 5.92 Å². The molecular formula is C9H17N5O. The van der Waals surface area contributed by atoms with Gasteiger partial charge in [0.1, 0.15) is 0 Å². The minimum atomic E-state index is 0.461. The number of nitrogens with two attached hydrogens (primary N) is 1. The molecule has 0 radical (unpaired) electrons. The van der Waals surface area contributed by atoms with Crippen molar-refractivity contribution in [3.63, 3.8) is 0 Å². The molecule has 0 fully saturated rings. The summed E-state index contributed by atoms with van der Waals surface area (Å²) in [5.74, 6) is 1.57. The summed E-state index contributed by atoms with van der Waals surface area (Å²) < 4.78 is 4.83. The summed E-state index contributed by atoms with van der Waals surface area (Å²) in [7, 11) is 0. The van der Waals surface area contributed by atoms with Gasteiger partial charge in [-0.2, -0.15) is 4.98 Å². The Hall–Kier alpha value is -1.59. The maximum Gasteiger partial charge on any atom is 0.228 e. The van der Waals surface area contributed by atoms with Crippen molar-refractivity contribution in [3.8, 4) is 0 Å². The zero-order chi connectivity index (χ0) is 11.1. The third kappa shape index (κ3) is 4.99. The van der Waals surface area contributed by atoms with Gasteiger partial charge in [-0.25, -0.2) is 0 Å². The zero-order valence-corrected chi connectivity index (χ0v) is 9.10. The molecule has 0 atom stereocenters. The smallest absolute Gasteiger partial charge is 0.228 e. The van der Waals surface area contributed by atoms with Gasteiger partial charge in [0.05, 0.1) is 0 Å². The number of nitrogens with one attached hydrogen (secondary N) is 1. The Labute approximate surface area is 89.0 Å². The van der Waals surface area contributed by atoms with Crippen LogP contribution in [0.25, 0.3) is 0 Å². The second-order valence-electron chi connectivity index (χ2n) is 3.63. The summed E-state index contributed by atoms with van der Waals surface area (Å²) in [6.07, 6.45) is 2.03. The van der Waals surface area contributed by atoms with Gasteiger partial charge in [-0.3, -0.25) is 4.99 Å². The second kappa shape index (κ2) is 6.00. The van der Waals surface area contributed by atoms with E-state index in [1.165, 1.54) is 6.33 Å². The first-order valence-electron chi connectivity index (χ1n) is 4.98. The van der Waals surface area contributed by atoms with Gasteiger partial charge in [0.15, 0.2) is 12.3 Å². The third-order valence-electron chi connectivity index (χ3n) is 1.68. The summed E-state index contributed by atoms with van der Waals surface area (Å²) in [5.41, 5.74) is 5.63. The summed E-state index contributed by atoms with van der Waals surface area (Å²) in [5, 5.41) is 6.48. The van der Waals surface area contributed by atoms with Crippen LogP contribution in [0.2, 0.25) is 0 Å². The van der Waals surface area contributed by atoms with Crippen LogP contribution in [0.3, 0.4) is 0 Å². The van der Waals surface area contributed by atoms with Crippen LogP contribution < -0.4 is 11.1 Å². The van der Waals surface area contributed by atoms with E-state index in [4.69, 9.17) is 10.3 Å². The van der Waals surface area contributed by atoms with Crippen molar-refractivity contribution in [3.05, 3.63) is 12.2 Å². The Morgan fingerprint density at radius 3 is 3.07 bits per heavy atom. The molecule has 84 valence electrons. The molecule has 1 rings (SSSR count). The van der Waals surface area contributed by atoms with E-state index in [1.807, 2.05) is 0 Å². The Morgan fingerprint density at radius 2 is 2.47 bits per heavy atom. The minimum absolute atomic E-state index is 0.461. The van der Waals surface area contributed by atoms with Crippen molar-refractivity contribution in [2.75, 3.05) is 13.1 Å². The summed E-state index contributed by atoms with van der Waals surface area (Å²) in [6.45, 7) is 5.57. The lowest BCUT2D eigenvalue weighted by atomic mass is 10.2. The normalized spacial score (nSPS) is 12.1. The van der Waals surface area contributed by atoms with Crippen molar-refractivity contribution >= 4 is 5.96 Å². The van der Waals surface area contributed by atoms with E-state index in [2.05, 4.69) is 34.3 Å². The van der Waals surface area contributed by atoms with E-state index in [9.17, 15) is 0 Å². The van der Waals surface area contributed by atoms with Crippen molar-refractivity contribution < 1.29 is 4.52 Å². The van der Waals surface area contributed by atoms with Crippen LogP contribution >= 0.6 is 0 Å². The second-order valence-corrected chi connectivity index (χ2v) is 3.63. The standard InChI is InChI=1S/C9H17N5O/c1-7(2)5-12-9(10)11-4-3-8-13-6-14-15-8/h6-7H,3-5H2,1-2H3,(H3,10,11,12). The number of hydrogen-bond acceptors (Lipinski definition) is 4. The molecule has 15 heavy (non-hydrogen) atoms. The summed E-state index contributed by atoms with van der Waals surface area (Å²) in [4.78, 5) is 8.05. The Morgan fingerprint density at radius 1 is 1.67 bits per heavy atom. The molecule has 0 unspecified atom stereocenters. The van der Waals surface area contributed by atoms with E-state index in [-0.39, 0.29) is 0 Å². The molecule has 6 nitrogen and oxygen atoms in total. The molecule has 1 aromatic heterocycles. The average Bonchev–Trinajstić information content (AvgIpc) is 2.67. The molecule has 0 aromatic carbocycles. The van der Waals surface area contributed by atoms with Crippen molar-refractivity contribution in [2.24, 2.45) is 16.6 Å². The predicted octanol–water partition coefficient (Wildman–Crippen LogP) is 0.172. The number of hydrogen-bond donors (Lipinski definition) is 2. The number of aliphatic imine (C=N–C) groups is 1. The topological polar surface area (TPSA) is 89.3 Å². The molecule has 0 bridgehead atoms. The SMILES string of the molecule is CC(C)CN=C(N)NCCc1ncno1. The lowest BCUT2D eigenvalue weighted by Crippen LogP contribution is -2.33. The van der Waals surface area contributed by atoms with Gasteiger partial charge in [0.25, 0.3) is 0 Å². The molecular weight excluding hydrogens is 194 g/mol. The first-order valence-corrected chi connectivity index (χ1v) is 4.98. The van der Waals surface area contributed by atoms with Crippen molar-refractivity contribution in [1.82, 2.24) is 15.5 Å². The van der Waals surface area contributed by atoms with Crippen LogP contribution in [0.1, 0.15) is 19.7 Å². The third-order valence-corrected chi connectivity index (χ3v) is 1.68. The van der Waals surface area contributed by atoms with Crippen LogP contribution in [-0.2, 0) is 6.42 Å². The Kier molecular flexibility index (Phi) is 4.59. The van der Waals surface area contributed by atoms with E-state index >= 15 is 0 Å². The summed E-state index contributed by atoms with van der Waals surface area (Å²) in [6, 6.07) is 0. The van der Waals surface area contributed by atoms with Crippen molar-refractivity contribution in [2.45, 2.75) is 20.3 Å². The molecule has 0 aliphatic carbocycles. The molecule has 0 saturated carbocycles. The first-order chi connectivity index (χ1) is 7.18. The highest BCUT2D eigenvalue weighted by Gasteiger charge is 1.99. The first kappa shape index (κ1) is 11.5. The largest absolute Gasteiger partial charge is 0.370 e. The molecule has 6 heteroatoms. The highest BCUT2D eigenvalue weighted by atomic mass is 16.5. The van der Waals surface area contributed by atoms with Crippen LogP contribution in [0.5, 0.6) is 0 Å². The van der Waals surface area contributed by atoms with Crippen LogP contribution in [0.15, 0.2) is 15.8 Å². The molecule has 0 spiro atoms. The predicted molar refractivity (Wildman–Crippen MR) is 57.3 cm³/mol. The Balaban J connectivity index is 2.17. The molecule has 1 aromatic rings. The lowest BCUT2D eigenvalue weighted by molar-refractivity contribution is 0.377. The van der Waals surface area contributed by atoms with Gasteiger partial charge in [0.2, 0.25) is 5.89 Å². The van der Waals surface area contributed by atoms with E-state index in [1.54, 1.807) is 0 Å². The quantitative estimate of drug-likeness (QED) is 0.535. The fourth-order valence-electron chi connectivity index (χ4n) is 0.940. The fourth-order valence-corrected chi connectivity index (χ4v) is 0.940. The number of rotatable bonds is 5. The molecule has 1 heterocycles. The lowest BCUT2D eigenvalue weighted by Gasteiger charge is -2.04. The highest BCUT2D eigenvalue weighted by molar-refractivity contribution is 5.77. The van der Waals surface area contributed by atoms with Crippen LogP contribution in [-0.4, -0.2) is 29.2 Å². The minimum Gasteiger partial charge on any atom is -0.370 e. The fraction of sp³-hybridized carbons (Fsp3) is 0.667.